The van der Waals surface area contributed by atoms with Gasteiger partial charge in [0.05, 0.1) is 6.10 Å². The fraction of sp³-hybridized carbons (Fsp3) is 0.462. The Morgan fingerprint density at radius 3 is 2.76 bits per heavy atom. The van der Waals surface area contributed by atoms with Crippen molar-refractivity contribution in [2.24, 2.45) is 0 Å². The summed E-state index contributed by atoms with van der Waals surface area (Å²) >= 11 is 1.64. The van der Waals surface area contributed by atoms with E-state index < -0.39 is 6.10 Å². The average Bonchev–Trinajstić information content (AvgIpc) is 2.29. The van der Waals surface area contributed by atoms with E-state index in [-0.39, 0.29) is 5.91 Å². The van der Waals surface area contributed by atoms with Gasteiger partial charge >= 0.3 is 0 Å². The molecular formula is C13H19NO2S. The number of aliphatic hydroxyl groups excluding tert-OH is 1. The highest BCUT2D eigenvalue weighted by Gasteiger charge is 2.05. The van der Waals surface area contributed by atoms with Crippen molar-refractivity contribution in [3.8, 4) is 0 Å². The number of hydrogen-bond donors (Lipinski definition) is 1. The number of aliphatic hydroxyl groups is 1. The number of benzene rings is 1. The number of hydrogen-bond acceptors (Lipinski definition) is 3. The lowest BCUT2D eigenvalue weighted by Crippen LogP contribution is -2.21. The van der Waals surface area contributed by atoms with Crippen molar-refractivity contribution in [3.05, 3.63) is 29.8 Å². The molecule has 4 heteroatoms. The summed E-state index contributed by atoms with van der Waals surface area (Å²) in [6.45, 7) is 1.75. The Morgan fingerprint density at radius 2 is 2.18 bits per heavy atom. The van der Waals surface area contributed by atoms with E-state index in [1.807, 2.05) is 24.3 Å². The Bertz CT molecular complexity index is 377. The second-order valence-electron chi connectivity index (χ2n) is 4.14. The van der Waals surface area contributed by atoms with E-state index in [1.54, 1.807) is 37.7 Å². The summed E-state index contributed by atoms with van der Waals surface area (Å²) in [6.07, 6.45) is 0.0929. The van der Waals surface area contributed by atoms with Crippen molar-refractivity contribution in [1.29, 1.82) is 0 Å². The van der Waals surface area contributed by atoms with Gasteiger partial charge in [0.15, 0.2) is 0 Å². The van der Waals surface area contributed by atoms with Crippen LogP contribution in [0.4, 0.5) is 0 Å². The van der Waals surface area contributed by atoms with Gasteiger partial charge in [-0.1, -0.05) is 12.1 Å². The first kappa shape index (κ1) is 14.1. The molecule has 1 rings (SSSR count). The first-order valence-electron chi connectivity index (χ1n) is 5.61. The molecule has 0 fully saturated rings. The van der Waals surface area contributed by atoms with Gasteiger partial charge in [0.25, 0.3) is 0 Å². The van der Waals surface area contributed by atoms with Gasteiger partial charge in [-0.2, -0.15) is 0 Å². The second kappa shape index (κ2) is 6.67. The fourth-order valence-corrected chi connectivity index (χ4v) is 2.25. The molecular weight excluding hydrogens is 234 g/mol. The minimum absolute atomic E-state index is 0.143. The van der Waals surface area contributed by atoms with E-state index in [9.17, 15) is 9.90 Å². The van der Waals surface area contributed by atoms with Crippen LogP contribution in [0.15, 0.2) is 29.2 Å². The molecule has 0 heterocycles. The van der Waals surface area contributed by atoms with Crippen molar-refractivity contribution >= 4 is 17.7 Å². The largest absolute Gasteiger partial charge is 0.389 e. The molecule has 1 aromatic rings. The topological polar surface area (TPSA) is 40.5 Å². The molecule has 0 aliphatic carbocycles. The lowest BCUT2D eigenvalue weighted by Gasteiger charge is -2.10. The molecule has 1 amide bonds. The Morgan fingerprint density at radius 1 is 1.47 bits per heavy atom. The number of amides is 1. The number of rotatable bonds is 5. The third-order valence-corrected chi connectivity index (χ3v) is 3.42. The van der Waals surface area contributed by atoms with Crippen LogP contribution in [0.25, 0.3) is 0 Å². The summed E-state index contributed by atoms with van der Waals surface area (Å²) in [5.41, 5.74) is 0.911. The molecule has 0 bridgehead atoms. The molecule has 1 N–H and O–H groups in total. The highest BCUT2D eigenvalue weighted by Crippen LogP contribution is 2.22. The Labute approximate surface area is 107 Å². The van der Waals surface area contributed by atoms with Crippen molar-refractivity contribution in [2.75, 3.05) is 19.8 Å². The van der Waals surface area contributed by atoms with Crippen molar-refractivity contribution < 1.29 is 9.90 Å². The minimum Gasteiger partial charge on any atom is -0.389 e. The molecule has 1 atom stereocenters. The summed E-state index contributed by atoms with van der Waals surface area (Å²) in [4.78, 5) is 14.1. The quantitative estimate of drug-likeness (QED) is 0.819. The van der Waals surface area contributed by atoms with Gasteiger partial charge in [0, 0.05) is 31.2 Å². The third-order valence-electron chi connectivity index (χ3n) is 2.42. The zero-order valence-electron chi connectivity index (χ0n) is 10.5. The van der Waals surface area contributed by atoms with E-state index in [0.717, 1.165) is 16.2 Å². The van der Waals surface area contributed by atoms with E-state index in [2.05, 4.69) is 0 Å². The predicted octanol–water partition coefficient (Wildman–Crippen LogP) is 2.31. The Kier molecular flexibility index (Phi) is 5.51. The van der Waals surface area contributed by atoms with Crippen LogP contribution in [0, 0.1) is 0 Å². The van der Waals surface area contributed by atoms with Crippen LogP contribution in [-0.2, 0) is 4.79 Å². The SMILES string of the molecule is CC(O)c1cccc(SCCC(=O)N(C)C)c1. The lowest BCUT2D eigenvalue weighted by molar-refractivity contribution is -0.128. The van der Waals surface area contributed by atoms with Gasteiger partial charge in [-0.05, 0) is 24.6 Å². The van der Waals surface area contributed by atoms with Crippen LogP contribution in [0.3, 0.4) is 0 Å². The van der Waals surface area contributed by atoms with Crippen LogP contribution in [0.5, 0.6) is 0 Å². The van der Waals surface area contributed by atoms with Gasteiger partial charge in [0.1, 0.15) is 0 Å². The lowest BCUT2D eigenvalue weighted by atomic mass is 10.1. The minimum atomic E-state index is -0.445. The molecule has 0 aromatic heterocycles. The molecule has 0 spiro atoms. The normalized spacial score (nSPS) is 12.2. The van der Waals surface area contributed by atoms with Gasteiger partial charge in [-0.3, -0.25) is 4.79 Å². The van der Waals surface area contributed by atoms with Crippen LogP contribution in [0.1, 0.15) is 25.0 Å². The number of thioether (sulfide) groups is 1. The fourth-order valence-electron chi connectivity index (χ4n) is 1.34. The smallest absolute Gasteiger partial charge is 0.222 e. The van der Waals surface area contributed by atoms with Gasteiger partial charge in [-0.15, -0.1) is 11.8 Å². The second-order valence-corrected chi connectivity index (χ2v) is 5.30. The van der Waals surface area contributed by atoms with Crippen molar-refractivity contribution in [2.45, 2.75) is 24.3 Å². The maximum Gasteiger partial charge on any atom is 0.222 e. The summed E-state index contributed by atoms with van der Waals surface area (Å²) in [6, 6.07) is 7.80. The molecule has 0 aliphatic heterocycles. The van der Waals surface area contributed by atoms with Gasteiger partial charge in [-0.25, -0.2) is 0 Å². The zero-order chi connectivity index (χ0) is 12.8. The van der Waals surface area contributed by atoms with Crippen LogP contribution in [0.2, 0.25) is 0 Å². The van der Waals surface area contributed by atoms with Crippen LogP contribution >= 0.6 is 11.8 Å². The third kappa shape index (κ3) is 4.79. The van der Waals surface area contributed by atoms with Crippen molar-refractivity contribution in [1.82, 2.24) is 4.90 Å². The van der Waals surface area contributed by atoms with Gasteiger partial charge in [0.2, 0.25) is 5.91 Å². The maximum atomic E-state index is 11.4. The zero-order valence-corrected chi connectivity index (χ0v) is 11.3. The molecule has 0 radical (unpaired) electrons. The van der Waals surface area contributed by atoms with Crippen molar-refractivity contribution in [3.63, 3.8) is 0 Å². The molecule has 1 unspecified atom stereocenters. The summed E-state index contributed by atoms with van der Waals surface area (Å²) in [5, 5.41) is 9.46. The molecule has 0 aliphatic rings. The first-order chi connectivity index (χ1) is 8.00. The number of nitrogens with zero attached hydrogens (tertiary/aromatic N) is 1. The monoisotopic (exact) mass is 253 g/mol. The molecule has 1 aromatic carbocycles. The first-order valence-corrected chi connectivity index (χ1v) is 6.60. The number of carbonyl (C=O) groups excluding carboxylic acids is 1. The highest BCUT2D eigenvalue weighted by atomic mass is 32.2. The average molecular weight is 253 g/mol. The molecule has 94 valence electrons. The van der Waals surface area contributed by atoms with E-state index in [0.29, 0.717) is 6.42 Å². The van der Waals surface area contributed by atoms with Gasteiger partial charge < -0.3 is 10.0 Å². The Balaban J connectivity index is 2.47. The highest BCUT2D eigenvalue weighted by molar-refractivity contribution is 7.99. The summed E-state index contributed by atoms with van der Waals surface area (Å²) < 4.78 is 0. The number of carbonyl (C=O) groups is 1. The predicted molar refractivity (Wildman–Crippen MR) is 71.1 cm³/mol. The van der Waals surface area contributed by atoms with E-state index >= 15 is 0 Å². The molecule has 0 saturated carbocycles. The Hall–Kier alpha value is -1.00. The van der Waals surface area contributed by atoms with E-state index in [1.165, 1.54) is 0 Å². The maximum absolute atomic E-state index is 11.4. The molecule has 0 saturated heterocycles. The standard InChI is InChI=1S/C13H19NO2S/c1-10(15)11-5-4-6-12(9-11)17-8-7-13(16)14(2)3/h4-6,9-10,15H,7-8H2,1-3H3. The summed E-state index contributed by atoms with van der Waals surface area (Å²) in [5.74, 6) is 0.907. The molecule has 3 nitrogen and oxygen atoms in total. The molecule has 17 heavy (non-hydrogen) atoms. The van der Waals surface area contributed by atoms with Crippen LogP contribution < -0.4 is 0 Å². The van der Waals surface area contributed by atoms with Crippen LogP contribution in [-0.4, -0.2) is 35.8 Å². The summed E-state index contributed by atoms with van der Waals surface area (Å²) in [7, 11) is 3.53. The van der Waals surface area contributed by atoms with E-state index in [4.69, 9.17) is 0 Å².